The molecule has 2 amide bonds. The first-order chi connectivity index (χ1) is 8.45. The highest BCUT2D eigenvalue weighted by molar-refractivity contribution is 5.88. The third-order valence-electron chi connectivity index (χ3n) is 3.25. The Morgan fingerprint density at radius 2 is 1.78 bits per heavy atom. The molecule has 3 unspecified atom stereocenters. The van der Waals surface area contributed by atoms with Gasteiger partial charge in [-0.3, -0.25) is 14.4 Å². The molecule has 3 N–H and O–H groups in total. The predicted octanol–water partition coefficient (Wildman–Crippen LogP) is -0.0144. The number of hydrogen-bond donors (Lipinski definition) is 3. The summed E-state index contributed by atoms with van der Waals surface area (Å²) in [6, 6.07) is 0. The molecule has 0 aromatic carbocycles. The van der Waals surface area contributed by atoms with Crippen LogP contribution in [0.15, 0.2) is 0 Å². The van der Waals surface area contributed by atoms with Gasteiger partial charge in [-0.2, -0.15) is 0 Å². The molecule has 18 heavy (non-hydrogen) atoms. The molecular formula is C12H20N2O4. The molecule has 1 aliphatic carbocycles. The molecule has 0 heterocycles. The third kappa shape index (κ3) is 3.72. The number of carboxylic acid groups (broad SMARTS) is 1. The zero-order valence-corrected chi connectivity index (χ0v) is 10.7. The van der Waals surface area contributed by atoms with Crippen LogP contribution in [0.4, 0.5) is 0 Å². The van der Waals surface area contributed by atoms with E-state index in [0.29, 0.717) is 19.4 Å². The second-order valence-electron chi connectivity index (χ2n) is 4.80. The summed E-state index contributed by atoms with van der Waals surface area (Å²) in [5.74, 6) is -2.45. The van der Waals surface area contributed by atoms with E-state index in [9.17, 15) is 14.4 Å². The van der Waals surface area contributed by atoms with Gasteiger partial charge >= 0.3 is 5.97 Å². The van der Waals surface area contributed by atoms with E-state index in [4.69, 9.17) is 5.11 Å². The first kappa shape index (κ1) is 14.5. The number of amides is 2. The molecule has 6 heteroatoms. The number of carbonyl (C=O) groups is 3. The number of nitrogens with one attached hydrogen (secondary N) is 2. The molecule has 0 saturated heterocycles. The van der Waals surface area contributed by atoms with Crippen LogP contribution in [0.2, 0.25) is 0 Å². The van der Waals surface area contributed by atoms with Crippen molar-refractivity contribution in [2.45, 2.75) is 26.7 Å². The predicted molar refractivity (Wildman–Crippen MR) is 64.7 cm³/mol. The lowest BCUT2D eigenvalue weighted by Crippen LogP contribution is -2.41. The number of carbonyl (C=O) groups excluding carboxylic acids is 2. The maximum atomic E-state index is 11.9. The SMILES string of the molecule is CCNC(=O)CNC(=O)C1CC(C)CC1C(=O)O. The van der Waals surface area contributed by atoms with Gasteiger partial charge in [0.15, 0.2) is 0 Å². The molecule has 102 valence electrons. The van der Waals surface area contributed by atoms with Crippen molar-refractivity contribution in [2.75, 3.05) is 13.1 Å². The van der Waals surface area contributed by atoms with Crippen LogP contribution < -0.4 is 10.6 Å². The van der Waals surface area contributed by atoms with Crippen LogP contribution in [-0.4, -0.2) is 36.0 Å². The third-order valence-corrected chi connectivity index (χ3v) is 3.25. The molecule has 1 saturated carbocycles. The fraction of sp³-hybridized carbons (Fsp3) is 0.750. The average molecular weight is 256 g/mol. The molecule has 6 nitrogen and oxygen atoms in total. The molecule has 1 rings (SSSR count). The maximum Gasteiger partial charge on any atom is 0.307 e. The average Bonchev–Trinajstić information content (AvgIpc) is 2.69. The van der Waals surface area contributed by atoms with E-state index >= 15 is 0 Å². The molecule has 0 spiro atoms. The van der Waals surface area contributed by atoms with E-state index in [1.165, 1.54) is 0 Å². The Balaban J connectivity index is 2.50. The van der Waals surface area contributed by atoms with Crippen LogP contribution in [0.1, 0.15) is 26.7 Å². The summed E-state index contributed by atoms with van der Waals surface area (Å²) in [6.07, 6.45) is 1.09. The van der Waals surface area contributed by atoms with Crippen molar-refractivity contribution in [2.24, 2.45) is 17.8 Å². The Bertz CT molecular complexity index is 343. The summed E-state index contributed by atoms with van der Waals surface area (Å²) in [5, 5.41) is 14.1. The highest BCUT2D eigenvalue weighted by atomic mass is 16.4. The topological polar surface area (TPSA) is 95.5 Å². The van der Waals surface area contributed by atoms with E-state index in [1.54, 1.807) is 6.92 Å². The minimum atomic E-state index is -0.933. The van der Waals surface area contributed by atoms with Crippen LogP contribution in [0.25, 0.3) is 0 Å². The standard InChI is InChI=1S/C12H20N2O4/c1-3-13-10(15)6-14-11(16)8-4-7(2)5-9(8)12(17)18/h7-9H,3-6H2,1-2H3,(H,13,15)(H,14,16)(H,17,18). The second kappa shape index (κ2) is 6.37. The van der Waals surface area contributed by atoms with Gasteiger partial charge in [0.05, 0.1) is 18.4 Å². The van der Waals surface area contributed by atoms with Gasteiger partial charge in [0, 0.05) is 6.54 Å². The molecule has 3 atom stereocenters. The van der Waals surface area contributed by atoms with Crippen LogP contribution in [0.5, 0.6) is 0 Å². The minimum Gasteiger partial charge on any atom is -0.481 e. The van der Waals surface area contributed by atoms with Gasteiger partial charge in [-0.1, -0.05) is 6.92 Å². The summed E-state index contributed by atoms with van der Waals surface area (Å²) in [7, 11) is 0. The highest BCUT2D eigenvalue weighted by Crippen LogP contribution is 2.36. The van der Waals surface area contributed by atoms with Crippen LogP contribution in [0.3, 0.4) is 0 Å². The van der Waals surface area contributed by atoms with Gasteiger partial charge < -0.3 is 15.7 Å². The van der Waals surface area contributed by atoms with Gasteiger partial charge in [0.2, 0.25) is 11.8 Å². The Morgan fingerprint density at radius 1 is 1.17 bits per heavy atom. The fourth-order valence-corrected chi connectivity index (χ4v) is 2.41. The molecular weight excluding hydrogens is 236 g/mol. The number of rotatable bonds is 5. The van der Waals surface area contributed by atoms with Crippen molar-refractivity contribution >= 4 is 17.8 Å². The number of likely N-dealkylation sites (N-methyl/N-ethyl adjacent to an activating group) is 1. The summed E-state index contributed by atoms with van der Waals surface area (Å²) in [5.41, 5.74) is 0. The molecule has 1 fully saturated rings. The molecule has 0 aromatic heterocycles. The smallest absolute Gasteiger partial charge is 0.307 e. The zero-order chi connectivity index (χ0) is 13.7. The van der Waals surface area contributed by atoms with Gasteiger partial charge in [0.1, 0.15) is 0 Å². The first-order valence-electron chi connectivity index (χ1n) is 6.22. The van der Waals surface area contributed by atoms with Gasteiger partial charge in [0.25, 0.3) is 0 Å². The maximum absolute atomic E-state index is 11.9. The van der Waals surface area contributed by atoms with E-state index in [0.717, 1.165) is 0 Å². The number of hydrogen-bond acceptors (Lipinski definition) is 3. The summed E-state index contributed by atoms with van der Waals surface area (Å²) in [4.78, 5) is 34.1. The Labute approximate surface area is 106 Å². The van der Waals surface area contributed by atoms with Crippen molar-refractivity contribution in [1.82, 2.24) is 10.6 Å². The monoisotopic (exact) mass is 256 g/mol. The Morgan fingerprint density at radius 3 is 2.33 bits per heavy atom. The Kier molecular flexibility index (Phi) is 5.12. The van der Waals surface area contributed by atoms with Crippen molar-refractivity contribution in [3.8, 4) is 0 Å². The van der Waals surface area contributed by atoms with E-state index < -0.39 is 17.8 Å². The summed E-state index contributed by atoms with van der Waals surface area (Å²) in [6.45, 7) is 4.14. The molecule has 0 bridgehead atoms. The van der Waals surface area contributed by atoms with Crippen LogP contribution >= 0.6 is 0 Å². The zero-order valence-electron chi connectivity index (χ0n) is 10.7. The van der Waals surface area contributed by atoms with Gasteiger partial charge in [-0.15, -0.1) is 0 Å². The lowest BCUT2D eigenvalue weighted by Gasteiger charge is -2.15. The molecule has 0 aromatic rings. The molecule has 0 radical (unpaired) electrons. The van der Waals surface area contributed by atoms with Gasteiger partial charge in [-0.05, 0) is 25.7 Å². The number of carboxylic acids is 1. The first-order valence-corrected chi connectivity index (χ1v) is 6.22. The van der Waals surface area contributed by atoms with Crippen LogP contribution in [-0.2, 0) is 14.4 Å². The van der Waals surface area contributed by atoms with Crippen molar-refractivity contribution in [1.29, 1.82) is 0 Å². The largest absolute Gasteiger partial charge is 0.481 e. The van der Waals surface area contributed by atoms with E-state index in [-0.39, 0.29) is 24.3 Å². The van der Waals surface area contributed by atoms with Crippen LogP contribution in [0, 0.1) is 17.8 Å². The normalized spacial score (nSPS) is 26.7. The summed E-state index contributed by atoms with van der Waals surface area (Å²) >= 11 is 0. The highest BCUT2D eigenvalue weighted by Gasteiger charge is 2.41. The lowest BCUT2D eigenvalue weighted by atomic mass is 9.95. The van der Waals surface area contributed by atoms with Crippen molar-refractivity contribution < 1.29 is 19.5 Å². The van der Waals surface area contributed by atoms with E-state index in [2.05, 4.69) is 10.6 Å². The Hall–Kier alpha value is -1.59. The van der Waals surface area contributed by atoms with Crippen molar-refractivity contribution in [3.05, 3.63) is 0 Å². The van der Waals surface area contributed by atoms with E-state index in [1.807, 2.05) is 6.92 Å². The minimum absolute atomic E-state index is 0.0934. The lowest BCUT2D eigenvalue weighted by molar-refractivity contribution is -0.146. The molecule has 0 aliphatic heterocycles. The fourth-order valence-electron chi connectivity index (χ4n) is 2.41. The van der Waals surface area contributed by atoms with Gasteiger partial charge in [-0.25, -0.2) is 0 Å². The van der Waals surface area contributed by atoms with Crippen molar-refractivity contribution in [3.63, 3.8) is 0 Å². The second-order valence-corrected chi connectivity index (χ2v) is 4.80. The summed E-state index contributed by atoms with van der Waals surface area (Å²) < 4.78 is 0. The quantitative estimate of drug-likeness (QED) is 0.644. The molecule has 1 aliphatic rings. The number of aliphatic carboxylic acids is 1.